The molecule has 1 aromatic carbocycles. The standard InChI is InChI=1S/C14H18O/c1-2-3-5-10-14(15)12-11-13-8-6-4-7-9-13/h4,6-9,14-15H,2-3,5,10H2,1H3/t14-/m0/s1. The fraction of sp³-hybridized carbons (Fsp3) is 0.429. The van der Waals surface area contributed by atoms with E-state index in [4.69, 9.17) is 0 Å². The second kappa shape index (κ2) is 7.09. The zero-order valence-electron chi connectivity index (χ0n) is 9.24. The zero-order valence-corrected chi connectivity index (χ0v) is 9.24. The molecule has 0 saturated heterocycles. The summed E-state index contributed by atoms with van der Waals surface area (Å²) in [5, 5.41) is 9.56. The number of aliphatic hydroxyl groups is 1. The summed E-state index contributed by atoms with van der Waals surface area (Å²) >= 11 is 0. The molecule has 1 nitrogen and oxygen atoms in total. The van der Waals surface area contributed by atoms with Gasteiger partial charge in [-0.25, -0.2) is 0 Å². The van der Waals surface area contributed by atoms with Gasteiger partial charge in [-0.3, -0.25) is 0 Å². The molecule has 1 atom stereocenters. The largest absolute Gasteiger partial charge is 0.380 e. The maximum absolute atomic E-state index is 9.56. The maximum Gasteiger partial charge on any atom is 0.115 e. The zero-order chi connectivity index (χ0) is 10.9. The molecule has 0 radical (unpaired) electrons. The van der Waals surface area contributed by atoms with Crippen LogP contribution in [0.15, 0.2) is 30.3 Å². The Morgan fingerprint density at radius 2 is 1.93 bits per heavy atom. The molecule has 0 amide bonds. The van der Waals surface area contributed by atoms with Gasteiger partial charge < -0.3 is 5.11 Å². The highest BCUT2D eigenvalue weighted by molar-refractivity contribution is 5.34. The van der Waals surface area contributed by atoms with E-state index in [0.717, 1.165) is 18.4 Å². The summed E-state index contributed by atoms with van der Waals surface area (Å²) in [7, 11) is 0. The van der Waals surface area contributed by atoms with Crippen molar-refractivity contribution in [3.8, 4) is 11.8 Å². The van der Waals surface area contributed by atoms with E-state index in [0.29, 0.717) is 0 Å². The Hall–Kier alpha value is -1.26. The minimum Gasteiger partial charge on any atom is -0.380 e. The van der Waals surface area contributed by atoms with Crippen molar-refractivity contribution in [3.05, 3.63) is 35.9 Å². The molecule has 0 saturated carbocycles. The molecular weight excluding hydrogens is 184 g/mol. The van der Waals surface area contributed by atoms with Crippen molar-refractivity contribution in [2.24, 2.45) is 0 Å². The Morgan fingerprint density at radius 1 is 1.20 bits per heavy atom. The SMILES string of the molecule is CCCCC[C@H](O)C#Cc1ccccc1. The van der Waals surface area contributed by atoms with Crippen LogP contribution in [-0.4, -0.2) is 11.2 Å². The molecule has 1 heteroatoms. The minimum absolute atomic E-state index is 0.475. The van der Waals surface area contributed by atoms with Gasteiger partial charge in [0.2, 0.25) is 0 Å². The third kappa shape index (κ3) is 5.24. The fourth-order valence-electron chi connectivity index (χ4n) is 1.35. The van der Waals surface area contributed by atoms with Gasteiger partial charge in [0, 0.05) is 5.56 Å². The van der Waals surface area contributed by atoms with Crippen LogP contribution in [0.3, 0.4) is 0 Å². The first-order chi connectivity index (χ1) is 7.33. The highest BCUT2D eigenvalue weighted by Gasteiger charge is 1.97. The number of rotatable bonds is 4. The summed E-state index contributed by atoms with van der Waals surface area (Å²) in [6, 6.07) is 9.77. The maximum atomic E-state index is 9.56. The molecule has 0 aliphatic heterocycles. The molecule has 1 aromatic rings. The van der Waals surface area contributed by atoms with E-state index in [9.17, 15) is 5.11 Å². The van der Waals surface area contributed by atoms with E-state index in [1.54, 1.807) is 0 Å². The monoisotopic (exact) mass is 202 g/mol. The van der Waals surface area contributed by atoms with Gasteiger partial charge in [-0.15, -0.1) is 0 Å². The van der Waals surface area contributed by atoms with E-state index in [2.05, 4.69) is 18.8 Å². The molecule has 0 spiro atoms. The van der Waals surface area contributed by atoms with Gasteiger partial charge in [0.25, 0.3) is 0 Å². The normalized spacial score (nSPS) is 11.6. The Balaban J connectivity index is 2.37. The van der Waals surface area contributed by atoms with Crippen molar-refractivity contribution in [2.45, 2.75) is 38.7 Å². The van der Waals surface area contributed by atoms with Crippen molar-refractivity contribution in [2.75, 3.05) is 0 Å². The first kappa shape index (κ1) is 11.8. The van der Waals surface area contributed by atoms with E-state index >= 15 is 0 Å². The average molecular weight is 202 g/mol. The Morgan fingerprint density at radius 3 is 2.60 bits per heavy atom. The van der Waals surface area contributed by atoms with Crippen molar-refractivity contribution < 1.29 is 5.11 Å². The van der Waals surface area contributed by atoms with Gasteiger partial charge in [0.15, 0.2) is 0 Å². The van der Waals surface area contributed by atoms with Gasteiger partial charge in [0.1, 0.15) is 6.10 Å². The molecule has 15 heavy (non-hydrogen) atoms. The van der Waals surface area contributed by atoms with Crippen LogP contribution in [0.2, 0.25) is 0 Å². The van der Waals surface area contributed by atoms with Crippen molar-refractivity contribution >= 4 is 0 Å². The van der Waals surface area contributed by atoms with Gasteiger partial charge in [-0.1, -0.05) is 49.8 Å². The van der Waals surface area contributed by atoms with E-state index in [1.165, 1.54) is 12.8 Å². The number of unbranched alkanes of at least 4 members (excludes halogenated alkanes) is 2. The van der Waals surface area contributed by atoms with Gasteiger partial charge in [-0.2, -0.15) is 0 Å². The topological polar surface area (TPSA) is 20.2 Å². The number of hydrogen-bond acceptors (Lipinski definition) is 1. The van der Waals surface area contributed by atoms with Crippen LogP contribution in [0.5, 0.6) is 0 Å². The van der Waals surface area contributed by atoms with Crippen LogP contribution < -0.4 is 0 Å². The quantitative estimate of drug-likeness (QED) is 0.588. The molecular formula is C14H18O. The summed E-state index contributed by atoms with van der Waals surface area (Å²) in [6.07, 6.45) is 3.72. The molecule has 0 fully saturated rings. The lowest BCUT2D eigenvalue weighted by atomic mass is 10.1. The van der Waals surface area contributed by atoms with Crippen LogP contribution >= 0.6 is 0 Å². The Kier molecular flexibility index (Phi) is 5.58. The van der Waals surface area contributed by atoms with Gasteiger partial charge >= 0.3 is 0 Å². The smallest absolute Gasteiger partial charge is 0.115 e. The third-order valence-corrected chi connectivity index (χ3v) is 2.24. The lowest BCUT2D eigenvalue weighted by Gasteiger charge is -2.00. The Bertz CT molecular complexity index is 318. The molecule has 1 N–H and O–H groups in total. The molecule has 0 unspecified atom stereocenters. The summed E-state index contributed by atoms with van der Waals surface area (Å²) in [6.45, 7) is 2.15. The van der Waals surface area contributed by atoms with Crippen LogP contribution in [0.4, 0.5) is 0 Å². The first-order valence-corrected chi connectivity index (χ1v) is 5.57. The molecule has 0 aromatic heterocycles. The van der Waals surface area contributed by atoms with Crippen LogP contribution in [0.25, 0.3) is 0 Å². The summed E-state index contributed by atoms with van der Waals surface area (Å²) in [5.41, 5.74) is 0.965. The van der Waals surface area contributed by atoms with Crippen LogP contribution in [0.1, 0.15) is 38.2 Å². The predicted octanol–water partition coefficient (Wildman–Crippen LogP) is 2.98. The van der Waals surface area contributed by atoms with Gasteiger partial charge in [0.05, 0.1) is 0 Å². The molecule has 0 aliphatic rings. The fourth-order valence-corrected chi connectivity index (χ4v) is 1.35. The second-order valence-electron chi connectivity index (χ2n) is 3.65. The molecule has 1 rings (SSSR count). The number of benzene rings is 1. The van der Waals surface area contributed by atoms with Crippen LogP contribution in [-0.2, 0) is 0 Å². The molecule has 0 heterocycles. The van der Waals surface area contributed by atoms with E-state index < -0.39 is 6.10 Å². The van der Waals surface area contributed by atoms with Gasteiger partial charge in [-0.05, 0) is 25.0 Å². The average Bonchev–Trinajstić information content (AvgIpc) is 2.28. The summed E-state index contributed by atoms with van der Waals surface area (Å²) < 4.78 is 0. The van der Waals surface area contributed by atoms with E-state index in [-0.39, 0.29) is 0 Å². The Labute approximate surface area is 92.1 Å². The summed E-state index contributed by atoms with van der Waals surface area (Å²) in [4.78, 5) is 0. The van der Waals surface area contributed by atoms with Crippen LogP contribution in [0, 0.1) is 11.8 Å². The highest BCUT2D eigenvalue weighted by atomic mass is 16.3. The lowest BCUT2D eigenvalue weighted by molar-refractivity contribution is 0.217. The predicted molar refractivity (Wildman–Crippen MR) is 63.5 cm³/mol. The molecule has 0 bridgehead atoms. The highest BCUT2D eigenvalue weighted by Crippen LogP contribution is 2.03. The first-order valence-electron chi connectivity index (χ1n) is 5.57. The molecule has 0 aliphatic carbocycles. The minimum atomic E-state index is -0.475. The number of hydrogen-bond donors (Lipinski definition) is 1. The van der Waals surface area contributed by atoms with Crippen molar-refractivity contribution in [3.63, 3.8) is 0 Å². The van der Waals surface area contributed by atoms with Crippen molar-refractivity contribution in [1.29, 1.82) is 0 Å². The molecule has 80 valence electrons. The summed E-state index contributed by atoms with van der Waals surface area (Å²) in [5.74, 6) is 5.83. The number of aliphatic hydroxyl groups excluding tert-OH is 1. The second-order valence-corrected chi connectivity index (χ2v) is 3.65. The lowest BCUT2D eigenvalue weighted by Crippen LogP contribution is -2.02. The van der Waals surface area contributed by atoms with Crippen molar-refractivity contribution in [1.82, 2.24) is 0 Å². The van der Waals surface area contributed by atoms with E-state index in [1.807, 2.05) is 30.3 Å². The third-order valence-electron chi connectivity index (χ3n) is 2.24.